The van der Waals surface area contributed by atoms with Crippen LogP contribution in [0.15, 0.2) is 24.3 Å². The fourth-order valence-electron chi connectivity index (χ4n) is 3.16. The number of ether oxygens (including phenoxy) is 2. The summed E-state index contributed by atoms with van der Waals surface area (Å²) in [6.45, 7) is 1.83. The number of nitro benzene ring substituents is 1. The van der Waals surface area contributed by atoms with Crippen molar-refractivity contribution in [1.29, 1.82) is 0 Å². The van der Waals surface area contributed by atoms with Gasteiger partial charge in [0, 0.05) is 10.9 Å². The molecule has 1 amide bonds. The smallest absolute Gasteiger partial charge is 0.341 e. The number of hydrogen-bond donors (Lipinski definition) is 1. The summed E-state index contributed by atoms with van der Waals surface area (Å²) in [7, 11) is 1.31. The average Bonchev–Trinajstić information content (AvgIpc) is 3.02. The third kappa shape index (κ3) is 4.30. The highest BCUT2D eigenvalue weighted by Crippen LogP contribution is 2.40. The number of anilines is 1. The van der Waals surface area contributed by atoms with Crippen molar-refractivity contribution in [2.75, 3.05) is 19.0 Å². The number of non-ortho nitro benzene ring substituents is 1. The van der Waals surface area contributed by atoms with Crippen LogP contribution in [0.3, 0.4) is 0 Å². The first kappa shape index (κ1) is 19.8. The van der Waals surface area contributed by atoms with Gasteiger partial charge < -0.3 is 14.8 Å². The van der Waals surface area contributed by atoms with Gasteiger partial charge in [-0.15, -0.1) is 11.3 Å². The van der Waals surface area contributed by atoms with Gasteiger partial charge in [-0.1, -0.05) is 13.0 Å². The SMILES string of the molecule is COC(=O)c1c(NC(=O)COc2cccc([N+](=O)[O-])c2)sc2c1CCC(C)C2. The number of fused-ring (bicyclic) bond motifs is 1. The Labute approximate surface area is 165 Å². The van der Waals surface area contributed by atoms with Crippen molar-refractivity contribution >= 4 is 33.9 Å². The zero-order valence-electron chi connectivity index (χ0n) is 15.5. The first-order valence-corrected chi connectivity index (χ1v) is 9.60. The third-order valence-corrected chi connectivity index (χ3v) is 5.72. The number of amides is 1. The van der Waals surface area contributed by atoms with Crippen molar-refractivity contribution in [1.82, 2.24) is 0 Å². The minimum atomic E-state index is -0.535. The molecule has 28 heavy (non-hydrogen) atoms. The molecule has 0 bridgehead atoms. The standard InChI is InChI=1S/C19H20N2O6S/c1-11-6-7-14-15(8-11)28-18(17(14)19(23)26-2)20-16(22)10-27-13-5-3-4-12(9-13)21(24)25/h3-5,9,11H,6-8,10H2,1-2H3,(H,20,22). The molecule has 148 valence electrons. The number of nitrogens with one attached hydrogen (secondary N) is 1. The third-order valence-electron chi connectivity index (χ3n) is 4.55. The highest BCUT2D eigenvalue weighted by atomic mass is 32.1. The van der Waals surface area contributed by atoms with Crippen molar-refractivity contribution in [2.24, 2.45) is 5.92 Å². The summed E-state index contributed by atoms with van der Waals surface area (Å²) in [6, 6.07) is 5.60. The molecule has 1 aromatic carbocycles. The van der Waals surface area contributed by atoms with Gasteiger partial charge in [0.2, 0.25) is 0 Å². The average molecular weight is 404 g/mol. The molecular weight excluding hydrogens is 384 g/mol. The first-order chi connectivity index (χ1) is 13.4. The van der Waals surface area contributed by atoms with E-state index in [1.165, 1.54) is 42.7 Å². The molecule has 2 aromatic rings. The Kier molecular flexibility index (Phi) is 5.93. The molecule has 9 heteroatoms. The molecule has 0 fully saturated rings. The van der Waals surface area contributed by atoms with Gasteiger partial charge in [0.25, 0.3) is 11.6 Å². The van der Waals surface area contributed by atoms with E-state index in [1.807, 2.05) is 0 Å². The van der Waals surface area contributed by atoms with Crippen LogP contribution in [0, 0.1) is 16.0 Å². The van der Waals surface area contributed by atoms with Crippen molar-refractivity contribution in [2.45, 2.75) is 26.2 Å². The molecule has 1 heterocycles. The molecule has 1 N–H and O–H groups in total. The summed E-state index contributed by atoms with van der Waals surface area (Å²) in [5.74, 6) is -0.181. The van der Waals surface area contributed by atoms with Crippen LogP contribution in [0.4, 0.5) is 10.7 Å². The minimum Gasteiger partial charge on any atom is -0.484 e. The van der Waals surface area contributed by atoms with Crippen LogP contribution in [0.5, 0.6) is 5.75 Å². The molecule has 0 aliphatic heterocycles. The Morgan fingerprint density at radius 3 is 2.89 bits per heavy atom. The van der Waals surface area contributed by atoms with Gasteiger partial charge in [0.15, 0.2) is 6.61 Å². The summed E-state index contributed by atoms with van der Waals surface area (Å²) in [5, 5.41) is 14.0. The lowest BCUT2D eigenvalue weighted by Gasteiger charge is -2.18. The van der Waals surface area contributed by atoms with Crippen molar-refractivity contribution in [3.8, 4) is 5.75 Å². The van der Waals surface area contributed by atoms with E-state index in [4.69, 9.17) is 9.47 Å². The highest BCUT2D eigenvalue weighted by molar-refractivity contribution is 7.17. The Hall–Kier alpha value is -2.94. The van der Waals surface area contributed by atoms with Crippen molar-refractivity contribution in [3.63, 3.8) is 0 Å². The molecular formula is C19H20N2O6S. The molecule has 1 aliphatic carbocycles. The molecule has 1 aliphatic rings. The second-order valence-corrected chi connectivity index (χ2v) is 7.74. The van der Waals surface area contributed by atoms with Crippen LogP contribution in [0.1, 0.15) is 34.1 Å². The van der Waals surface area contributed by atoms with Gasteiger partial charge in [-0.05, 0) is 36.8 Å². The fourth-order valence-corrected chi connectivity index (χ4v) is 4.57. The fraction of sp³-hybridized carbons (Fsp3) is 0.368. The van der Waals surface area contributed by atoms with Gasteiger partial charge in [-0.3, -0.25) is 14.9 Å². The first-order valence-electron chi connectivity index (χ1n) is 8.79. The Morgan fingerprint density at radius 2 is 2.18 bits per heavy atom. The van der Waals surface area contributed by atoms with E-state index >= 15 is 0 Å². The number of carbonyl (C=O) groups is 2. The highest BCUT2D eigenvalue weighted by Gasteiger charge is 2.28. The number of thiophene rings is 1. The topological polar surface area (TPSA) is 108 Å². The minimum absolute atomic E-state index is 0.120. The van der Waals surface area contributed by atoms with Crippen LogP contribution in [-0.4, -0.2) is 30.5 Å². The number of hydrogen-bond acceptors (Lipinski definition) is 7. The second-order valence-electron chi connectivity index (χ2n) is 6.64. The molecule has 1 unspecified atom stereocenters. The van der Waals surface area contributed by atoms with Crippen LogP contribution < -0.4 is 10.1 Å². The van der Waals surface area contributed by atoms with E-state index in [-0.39, 0.29) is 18.0 Å². The van der Waals surface area contributed by atoms with E-state index < -0.39 is 16.8 Å². The van der Waals surface area contributed by atoms with E-state index in [9.17, 15) is 19.7 Å². The number of benzene rings is 1. The zero-order valence-corrected chi connectivity index (χ0v) is 16.3. The van der Waals surface area contributed by atoms with Gasteiger partial charge in [0.05, 0.1) is 23.7 Å². The Morgan fingerprint density at radius 1 is 1.39 bits per heavy atom. The summed E-state index contributed by atoms with van der Waals surface area (Å²) in [6.07, 6.45) is 2.62. The molecule has 8 nitrogen and oxygen atoms in total. The van der Waals surface area contributed by atoms with Crippen LogP contribution in [0.25, 0.3) is 0 Å². The maximum Gasteiger partial charge on any atom is 0.341 e. The largest absolute Gasteiger partial charge is 0.484 e. The Bertz CT molecular complexity index is 923. The number of carbonyl (C=O) groups excluding carboxylic acids is 2. The molecule has 0 saturated carbocycles. The molecule has 0 saturated heterocycles. The molecule has 1 aromatic heterocycles. The van der Waals surface area contributed by atoms with E-state index in [1.54, 1.807) is 0 Å². The number of rotatable bonds is 6. The number of nitro groups is 1. The number of methoxy groups -OCH3 is 1. The number of nitrogens with zero attached hydrogens (tertiary/aromatic N) is 1. The van der Waals surface area contributed by atoms with Gasteiger partial charge in [0.1, 0.15) is 10.8 Å². The van der Waals surface area contributed by atoms with Crippen molar-refractivity contribution in [3.05, 3.63) is 50.4 Å². The van der Waals surface area contributed by atoms with Gasteiger partial charge in [-0.2, -0.15) is 0 Å². The van der Waals surface area contributed by atoms with Crippen LogP contribution in [-0.2, 0) is 22.4 Å². The molecule has 3 rings (SSSR count). The van der Waals surface area contributed by atoms with Crippen LogP contribution >= 0.6 is 11.3 Å². The summed E-state index contributed by atoms with van der Waals surface area (Å²) < 4.78 is 10.2. The van der Waals surface area contributed by atoms with Gasteiger partial charge in [-0.25, -0.2) is 4.79 Å². The second kappa shape index (κ2) is 8.39. The molecule has 0 spiro atoms. The van der Waals surface area contributed by atoms with E-state index in [0.717, 1.165) is 29.7 Å². The summed E-state index contributed by atoms with van der Waals surface area (Å²) >= 11 is 1.39. The lowest BCUT2D eigenvalue weighted by Crippen LogP contribution is -2.21. The molecule has 0 radical (unpaired) electrons. The molecule has 1 atom stereocenters. The lowest BCUT2D eigenvalue weighted by atomic mass is 9.88. The number of esters is 1. The predicted octanol–water partition coefficient (Wildman–Crippen LogP) is 3.59. The summed E-state index contributed by atoms with van der Waals surface area (Å²) in [4.78, 5) is 35.9. The maximum atomic E-state index is 12.3. The monoisotopic (exact) mass is 404 g/mol. The summed E-state index contributed by atoms with van der Waals surface area (Å²) in [5.41, 5.74) is 1.24. The normalized spacial score (nSPS) is 15.4. The predicted molar refractivity (Wildman–Crippen MR) is 104 cm³/mol. The van der Waals surface area contributed by atoms with Crippen LogP contribution in [0.2, 0.25) is 0 Å². The zero-order chi connectivity index (χ0) is 20.3. The quantitative estimate of drug-likeness (QED) is 0.448. The maximum absolute atomic E-state index is 12.3. The van der Waals surface area contributed by atoms with E-state index in [2.05, 4.69) is 12.2 Å². The van der Waals surface area contributed by atoms with Crippen molar-refractivity contribution < 1.29 is 24.0 Å². The van der Waals surface area contributed by atoms with E-state index in [0.29, 0.717) is 16.5 Å². The lowest BCUT2D eigenvalue weighted by molar-refractivity contribution is -0.384. The van der Waals surface area contributed by atoms with Gasteiger partial charge >= 0.3 is 5.97 Å². The Balaban J connectivity index is 1.72.